The number of ether oxygens (including phenoxy) is 1. The van der Waals surface area contributed by atoms with Crippen LogP contribution in [0.3, 0.4) is 0 Å². The van der Waals surface area contributed by atoms with Crippen LogP contribution in [0.25, 0.3) is 16.6 Å². The summed E-state index contributed by atoms with van der Waals surface area (Å²) in [7, 11) is 0. The van der Waals surface area contributed by atoms with Gasteiger partial charge in [-0.1, -0.05) is 18.7 Å². The van der Waals surface area contributed by atoms with E-state index in [2.05, 4.69) is 11.6 Å². The standard InChI is InChI=1S/C22H23N3O3/c1-4-21(27)24-12-17(13-24)22(2,3)28-20-9-16(11-25-14-23-10-19(20)25)15-5-7-18(26)8-6-15/h4-11,14,17,26H,1,12-13H2,2-3H3. The molecule has 1 aliphatic heterocycles. The van der Waals surface area contributed by atoms with Crippen LogP contribution in [-0.4, -0.2) is 44.0 Å². The van der Waals surface area contributed by atoms with Gasteiger partial charge in [0.1, 0.15) is 22.6 Å². The molecule has 1 N–H and O–H groups in total. The average Bonchev–Trinajstić information content (AvgIpc) is 3.09. The van der Waals surface area contributed by atoms with Crippen molar-refractivity contribution >= 4 is 11.4 Å². The molecule has 144 valence electrons. The fourth-order valence-electron chi connectivity index (χ4n) is 3.49. The monoisotopic (exact) mass is 377 g/mol. The van der Waals surface area contributed by atoms with Gasteiger partial charge in [-0.15, -0.1) is 0 Å². The first-order valence-corrected chi connectivity index (χ1v) is 9.23. The molecule has 1 aliphatic rings. The Bertz CT molecular complexity index is 1030. The molecule has 0 radical (unpaired) electrons. The Morgan fingerprint density at radius 1 is 1.29 bits per heavy atom. The lowest BCUT2D eigenvalue weighted by Gasteiger charge is -2.47. The van der Waals surface area contributed by atoms with Crippen molar-refractivity contribution in [2.24, 2.45) is 5.92 Å². The molecule has 2 aromatic heterocycles. The number of amides is 1. The third-order valence-corrected chi connectivity index (χ3v) is 5.41. The van der Waals surface area contributed by atoms with Gasteiger partial charge < -0.3 is 19.1 Å². The molecule has 0 spiro atoms. The topological polar surface area (TPSA) is 67.1 Å². The number of phenols is 1. The molecule has 1 aromatic carbocycles. The molecule has 0 saturated carbocycles. The first-order valence-electron chi connectivity index (χ1n) is 9.23. The molecule has 3 aromatic rings. The number of likely N-dealkylation sites (tertiary alicyclic amines) is 1. The van der Waals surface area contributed by atoms with Crippen LogP contribution >= 0.6 is 0 Å². The summed E-state index contributed by atoms with van der Waals surface area (Å²) >= 11 is 0. The molecule has 1 fully saturated rings. The van der Waals surface area contributed by atoms with Gasteiger partial charge in [0.15, 0.2) is 0 Å². The van der Waals surface area contributed by atoms with E-state index < -0.39 is 5.60 Å². The number of rotatable bonds is 5. The number of hydrogen-bond donors (Lipinski definition) is 1. The summed E-state index contributed by atoms with van der Waals surface area (Å²) in [6, 6.07) is 9.06. The van der Waals surface area contributed by atoms with Crippen molar-refractivity contribution in [2.45, 2.75) is 19.4 Å². The molecular weight excluding hydrogens is 354 g/mol. The quantitative estimate of drug-likeness (QED) is 0.691. The normalized spacial score (nSPS) is 14.7. The Morgan fingerprint density at radius 2 is 2.00 bits per heavy atom. The number of benzene rings is 1. The van der Waals surface area contributed by atoms with E-state index >= 15 is 0 Å². The van der Waals surface area contributed by atoms with E-state index in [0.717, 1.165) is 22.4 Å². The number of fused-ring (bicyclic) bond motifs is 1. The van der Waals surface area contributed by atoms with Crippen molar-refractivity contribution in [3.63, 3.8) is 0 Å². The van der Waals surface area contributed by atoms with E-state index in [1.54, 1.807) is 29.6 Å². The van der Waals surface area contributed by atoms with Crippen LogP contribution in [0.5, 0.6) is 11.5 Å². The van der Waals surface area contributed by atoms with Crippen molar-refractivity contribution in [3.8, 4) is 22.6 Å². The maximum atomic E-state index is 11.7. The fraction of sp³-hybridized carbons (Fsp3) is 0.273. The Morgan fingerprint density at radius 3 is 2.68 bits per heavy atom. The number of phenolic OH excluding ortho intramolecular Hbond substituents is 1. The molecule has 6 nitrogen and oxygen atoms in total. The maximum Gasteiger partial charge on any atom is 0.245 e. The molecule has 3 heterocycles. The molecule has 0 bridgehead atoms. The minimum absolute atomic E-state index is 0.0421. The molecular formula is C22H23N3O3. The van der Waals surface area contributed by atoms with Crippen LogP contribution in [0, 0.1) is 5.92 Å². The maximum absolute atomic E-state index is 11.7. The summed E-state index contributed by atoms with van der Waals surface area (Å²) in [5.41, 5.74) is 2.38. The number of hydrogen-bond acceptors (Lipinski definition) is 4. The van der Waals surface area contributed by atoms with Gasteiger partial charge >= 0.3 is 0 Å². The van der Waals surface area contributed by atoms with Gasteiger partial charge in [0.05, 0.1) is 12.5 Å². The summed E-state index contributed by atoms with van der Waals surface area (Å²) < 4.78 is 8.38. The van der Waals surface area contributed by atoms with Gasteiger partial charge in [-0.25, -0.2) is 4.98 Å². The largest absolute Gasteiger partial charge is 0.508 e. The molecule has 1 amide bonds. The Labute approximate surface area is 163 Å². The van der Waals surface area contributed by atoms with Crippen LogP contribution < -0.4 is 4.74 Å². The summed E-state index contributed by atoms with van der Waals surface area (Å²) in [6.07, 6.45) is 6.86. The highest BCUT2D eigenvalue weighted by Crippen LogP contribution is 2.36. The SMILES string of the molecule is C=CC(=O)N1CC(C(C)(C)Oc2cc(-c3ccc(O)cc3)cn3cncc23)C1. The minimum Gasteiger partial charge on any atom is -0.508 e. The van der Waals surface area contributed by atoms with Gasteiger partial charge in [-0.3, -0.25) is 4.79 Å². The number of aromatic nitrogens is 2. The first kappa shape index (κ1) is 18.1. The van der Waals surface area contributed by atoms with Gasteiger partial charge in [-0.05, 0) is 43.7 Å². The smallest absolute Gasteiger partial charge is 0.245 e. The lowest BCUT2D eigenvalue weighted by atomic mass is 9.84. The molecule has 0 aliphatic carbocycles. The molecule has 6 heteroatoms. The number of carbonyl (C=O) groups excluding carboxylic acids is 1. The fourth-order valence-corrected chi connectivity index (χ4v) is 3.49. The van der Waals surface area contributed by atoms with Crippen molar-refractivity contribution in [3.05, 3.63) is 61.7 Å². The van der Waals surface area contributed by atoms with Gasteiger partial charge in [0.25, 0.3) is 0 Å². The van der Waals surface area contributed by atoms with Gasteiger partial charge in [0, 0.05) is 30.8 Å². The Kier molecular flexibility index (Phi) is 4.34. The van der Waals surface area contributed by atoms with Crippen molar-refractivity contribution < 1.29 is 14.6 Å². The van der Waals surface area contributed by atoms with E-state index in [-0.39, 0.29) is 17.6 Å². The third kappa shape index (κ3) is 3.22. The Hall–Kier alpha value is -3.28. The van der Waals surface area contributed by atoms with Crippen LogP contribution in [0.1, 0.15) is 13.8 Å². The first-order chi connectivity index (χ1) is 13.4. The second-order valence-corrected chi connectivity index (χ2v) is 7.68. The lowest BCUT2D eigenvalue weighted by Crippen LogP contribution is -2.59. The summed E-state index contributed by atoms with van der Waals surface area (Å²) in [5.74, 6) is 1.16. The van der Waals surface area contributed by atoms with Crippen LogP contribution in [0.15, 0.2) is 61.7 Å². The Balaban J connectivity index is 1.63. The number of pyridine rings is 1. The zero-order chi connectivity index (χ0) is 19.9. The number of carbonyl (C=O) groups is 1. The highest BCUT2D eigenvalue weighted by atomic mass is 16.5. The summed E-state index contributed by atoms with van der Waals surface area (Å²) in [6.45, 7) is 8.96. The van der Waals surface area contributed by atoms with Crippen LogP contribution in [-0.2, 0) is 4.79 Å². The lowest BCUT2D eigenvalue weighted by molar-refractivity contribution is -0.137. The van der Waals surface area contributed by atoms with E-state index in [1.807, 2.05) is 42.6 Å². The second-order valence-electron chi connectivity index (χ2n) is 7.68. The van der Waals surface area contributed by atoms with Crippen molar-refractivity contribution in [2.75, 3.05) is 13.1 Å². The molecule has 0 unspecified atom stereocenters. The van der Waals surface area contributed by atoms with E-state index in [1.165, 1.54) is 6.08 Å². The highest BCUT2D eigenvalue weighted by molar-refractivity contribution is 5.87. The molecule has 4 rings (SSSR count). The zero-order valence-electron chi connectivity index (χ0n) is 16.0. The van der Waals surface area contributed by atoms with Crippen molar-refractivity contribution in [1.29, 1.82) is 0 Å². The van der Waals surface area contributed by atoms with E-state index in [4.69, 9.17) is 4.74 Å². The van der Waals surface area contributed by atoms with Crippen molar-refractivity contribution in [1.82, 2.24) is 14.3 Å². The van der Waals surface area contributed by atoms with Crippen LogP contribution in [0.4, 0.5) is 0 Å². The van der Waals surface area contributed by atoms with Gasteiger partial charge in [0.2, 0.25) is 5.91 Å². The molecule has 1 saturated heterocycles. The van der Waals surface area contributed by atoms with Gasteiger partial charge in [-0.2, -0.15) is 0 Å². The number of nitrogens with zero attached hydrogens (tertiary/aromatic N) is 3. The predicted molar refractivity (Wildman–Crippen MR) is 107 cm³/mol. The molecule has 0 atom stereocenters. The average molecular weight is 377 g/mol. The number of imidazole rings is 1. The minimum atomic E-state index is -0.448. The van der Waals surface area contributed by atoms with E-state index in [9.17, 15) is 9.90 Å². The summed E-state index contributed by atoms with van der Waals surface area (Å²) in [5, 5.41) is 9.55. The zero-order valence-corrected chi connectivity index (χ0v) is 16.0. The third-order valence-electron chi connectivity index (χ3n) is 5.41. The highest BCUT2D eigenvalue weighted by Gasteiger charge is 2.42. The predicted octanol–water partition coefficient (Wildman–Crippen LogP) is 3.51. The number of aromatic hydroxyl groups is 1. The summed E-state index contributed by atoms with van der Waals surface area (Å²) in [4.78, 5) is 17.7. The molecule has 28 heavy (non-hydrogen) atoms. The second kappa shape index (κ2) is 6.71. The van der Waals surface area contributed by atoms with E-state index in [0.29, 0.717) is 13.1 Å². The van der Waals surface area contributed by atoms with Crippen LogP contribution in [0.2, 0.25) is 0 Å².